The number of hydrogen-bond donors (Lipinski definition) is 0. The van der Waals surface area contributed by atoms with Crippen LogP contribution in [0.1, 0.15) is 0 Å². The highest BCUT2D eigenvalue weighted by Crippen LogP contribution is 2.34. The van der Waals surface area contributed by atoms with Crippen LogP contribution >= 0.6 is 15.9 Å². The van der Waals surface area contributed by atoms with Crippen molar-refractivity contribution in [2.75, 3.05) is 31.2 Å². The summed E-state index contributed by atoms with van der Waals surface area (Å²) in [5.41, 5.74) is 2.15. The Morgan fingerprint density at radius 3 is 2.45 bits per heavy atom. The molecule has 1 aliphatic rings. The quantitative estimate of drug-likeness (QED) is 0.207. The minimum absolute atomic E-state index is 0.0986. The molecule has 0 saturated carbocycles. The van der Waals surface area contributed by atoms with Gasteiger partial charge in [0, 0.05) is 51.9 Å². The molecule has 0 spiro atoms. The second kappa shape index (κ2) is 9.84. The van der Waals surface area contributed by atoms with Crippen LogP contribution in [0.4, 0.5) is 11.4 Å². The lowest BCUT2D eigenvalue weighted by Gasteiger charge is -2.29. The summed E-state index contributed by atoms with van der Waals surface area (Å²) < 4.78 is 12.7. The van der Waals surface area contributed by atoms with Gasteiger partial charge in [0.15, 0.2) is 5.76 Å². The van der Waals surface area contributed by atoms with E-state index in [2.05, 4.69) is 26.0 Å². The van der Waals surface area contributed by atoms with Crippen molar-refractivity contribution >= 4 is 38.1 Å². The van der Waals surface area contributed by atoms with E-state index in [1.807, 2.05) is 30.3 Å². The van der Waals surface area contributed by atoms with Crippen molar-refractivity contribution in [3.05, 3.63) is 97.9 Å². The summed E-state index contributed by atoms with van der Waals surface area (Å²) in [5, 5.41) is 21.6. The van der Waals surface area contributed by atoms with Crippen LogP contribution in [0, 0.1) is 10.1 Å². The number of halogens is 1. The number of aromatic nitrogens is 3. The van der Waals surface area contributed by atoms with Crippen LogP contribution in [0.5, 0.6) is 0 Å². The van der Waals surface area contributed by atoms with Crippen molar-refractivity contribution in [3.8, 4) is 28.3 Å². The Morgan fingerprint density at radius 1 is 0.947 bits per heavy atom. The Morgan fingerprint density at radius 2 is 1.71 bits per heavy atom. The highest BCUT2D eigenvalue weighted by molar-refractivity contribution is 9.10. The number of anilines is 1. The lowest BCUT2D eigenvalue weighted by molar-refractivity contribution is -0.384. The summed E-state index contributed by atoms with van der Waals surface area (Å²) in [7, 11) is 0. The van der Waals surface area contributed by atoms with E-state index in [0.29, 0.717) is 54.1 Å². The second-order valence-electron chi connectivity index (χ2n) is 8.75. The number of rotatable bonds is 5. The number of hydrogen-bond acceptors (Lipinski definition) is 8. The molecule has 1 aliphatic heterocycles. The van der Waals surface area contributed by atoms with Crippen LogP contribution in [0.25, 0.3) is 39.0 Å². The van der Waals surface area contributed by atoms with E-state index in [1.165, 1.54) is 6.07 Å². The van der Waals surface area contributed by atoms with Crippen molar-refractivity contribution in [1.82, 2.24) is 14.9 Å². The van der Waals surface area contributed by atoms with Crippen molar-refractivity contribution in [2.24, 2.45) is 0 Å². The van der Waals surface area contributed by atoms with Crippen LogP contribution < -0.4 is 10.5 Å². The summed E-state index contributed by atoms with van der Waals surface area (Å²) in [6.45, 7) is 2.40. The van der Waals surface area contributed by atoms with Crippen LogP contribution in [-0.4, -0.2) is 46.2 Å². The third-order valence-electron chi connectivity index (χ3n) is 6.46. The van der Waals surface area contributed by atoms with E-state index in [-0.39, 0.29) is 11.4 Å². The van der Waals surface area contributed by atoms with Crippen molar-refractivity contribution in [3.63, 3.8) is 0 Å². The third-order valence-corrected chi connectivity index (χ3v) is 6.92. The first-order chi connectivity index (χ1) is 18.5. The molecule has 190 valence electrons. The van der Waals surface area contributed by atoms with Gasteiger partial charge in [-0.3, -0.25) is 14.9 Å². The van der Waals surface area contributed by atoms with Gasteiger partial charge in [0.25, 0.3) is 11.2 Å². The Bertz CT molecular complexity index is 1730. The Kier molecular flexibility index (Phi) is 6.22. The van der Waals surface area contributed by atoms with Crippen LogP contribution in [0.3, 0.4) is 0 Å². The van der Waals surface area contributed by atoms with E-state index < -0.39 is 10.5 Å². The average molecular weight is 574 g/mol. The smallest absolute Gasteiger partial charge is 0.295 e. The number of benzene rings is 3. The topological polar surface area (TPSA) is 117 Å². The van der Waals surface area contributed by atoms with Gasteiger partial charge in [0.2, 0.25) is 0 Å². The summed E-state index contributed by atoms with van der Waals surface area (Å²) in [6.07, 6.45) is 1.56. The van der Waals surface area contributed by atoms with E-state index in [4.69, 9.17) is 14.4 Å². The average Bonchev–Trinajstić information content (AvgIpc) is 3.49. The molecule has 5 aromatic rings. The maximum atomic E-state index is 13.7. The Labute approximate surface area is 224 Å². The molecular weight excluding hydrogens is 554 g/mol. The molecule has 6 rings (SSSR count). The second-order valence-corrected chi connectivity index (χ2v) is 9.66. The first-order valence-electron chi connectivity index (χ1n) is 11.9. The largest absolute Gasteiger partial charge is 0.378 e. The summed E-state index contributed by atoms with van der Waals surface area (Å²) in [4.78, 5) is 27.3. The van der Waals surface area contributed by atoms with E-state index >= 15 is 0 Å². The molecule has 0 amide bonds. The predicted octanol–water partition coefficient (Wildman–Crippen LogP) is 5.22. The van der Waals surface area contributed by atoms with Crippen LogP contribution in [0.2, 0.25) is 0 Å². The maximum Gasteiger partial charge on any atom is 0.295 e. The molecule has 0 unspecified atom stereocenters. The molecule has 0 aliphatic carbocycles. The van der Waals surface area contributed by atoms with Gasteiger partial charge < -0.3 is 14.2 Å². The molecule has 2 aromatic heterocycles. The summed E-state index contributed by atoms with van der Waals surface area (Å²) >= 11 is 3.56. The number of nitro benzene ring substituents is 1. The van der Waals surface area contributed by atoms with Gasteiger partial charge in [-0.15, -0.1) is 0 Å². The first-order valence-corrected chi connectivity index (χ1v) is 12.6. The number of nitrogens with zero attached hydrogens (tertiary/aromatic N) is 5. The molecule has 1 fully saturated rings. The van der Waals surface area contributed by atoms with Crippen molar-refractivity contribution in [2.45, 2.75) is 0 Å². The molecular formula is C27H20BrN5O5. The fraction of sp³-hybridized carbons (Fsp3) is 0.148. The van der Waals surface area contributed by atoms with Gasteiger partial charge in [-0.25, -0.2) is 0 Å². The molecule has 0 radical (unpaired) electrons. The minimum atomic E-state index is -0.497. The molecule has 3 heterocycles. The lowest BCUT2D eigenvalue weighted by atomic mass is 10.0. The Hall–Kier alpha value is -4.35. The molecule has 10 nitrogen and oxygen atoms in total. The normalized spacial score (nSPS) is 13.7. The van der Waals surface area contributed by atoms with Gasteiger partial charge in [-0.1, -0.05) is 39.3 Å². The van der Waals surface area contributed by atoms with E-state index in [1.54, 1.807) is 36.5 Å². The molecule has 3 aromatic carbocycles. The van der Waals surface area contributed by atoms with Gasteiger partial charge in [-0.2, -0.15) is 9.78 Å². The van der Waals surface area contributed by atoms with Gasteiger partial charge in [0.1, 0.15) is 5.69 Å². The highest BCUT2D eigenvalue weighted by Gasteiger charge is 2.23. The number of morpholine rings is 1. The fourth-order valence-corrected chi connectivity index (χ4v) is 5.15. The molecule has 11 heteroatoms. The zero-order valence-corrected chi connectivity index (χ0v) is 21.5. The number of nitro groups is 1. The maximum absolute atomic E-state index is 13.7. The van der Waals surface area contributed by atoms with Crippen molar-refractivity contribution in [1.29, 1.82) is 0 Å². The zero-order valence-electron chi connectivity index (χ0n) is 19.9. The van der Waals surface area contributed by atoms with Gasteiger partial charge >= 0.3 is 0 Å². The standard InChI is InChI=1S/C27H20BrN5O5/c28-19-14-17(25-7-8-29-38-25)13-18(15-19)26-21-3-1-2-4-22(21)27(34)32(30-26)24-16-20(5-6-23(24)33(35)36)31-9-11-37-12-10-31/h1-8,13-16H,9-12H2. The van der Waals surface area contributed by atoms with Gasteiger partial charge in [-0.05, 0) is 36.4 Å². The first kappa shape index (κ1) is 24.0. The van der Waals surface area contributed by atoms with E-state index in [9.17, 15) is 14.9 Å². The molecule has 0 bridgehead atoms. The lowest BCUT2D eigenvalue weighted by Crippen LogP contribution is -2.36. The molecule has 0 atom stereocenters. The van der Waals surface area contributed by atoms with E-state index in [0.717, 1.165) is 20.4 Å². The number of fused-ring (bicyclic) bond motifs is 1. The molecule has 0 N–H and O–H groups in total. The summed E-state index contributed by atoms with van der Waals surface area (Å²) in [5.74, 6) is 0.569. The summed E-state index contributed by atoms with van der Waals surface area (Å²) in [6, 6.07) is 19.3. The third kappa shape index (κ3) is 4.35. The molecule has 38 heavy (non-hydrogen) atoms. The van der Waals surface area contributed by atoms with Crippen molar-refractivity contribution < 1.29 is 14.2 Å². The predicted molar refractivity (Wildman–Crippen MR) is 146 cm³/mol. The van der Waals surface area contributed by atoms with Crippen LogP contribution in [-0.2, 0) is 4.74 Å². The fourth-order valence-electron chi connectivity index (χ4n) is 4.65. The van der Waals surface area contributed by atoms with Crippen LogP contribution in [0.15, 0.2) is 86.7 Å². The zero-order chi connectivity index (χ0) is 26.2. The number of ether oxygens (including phenoxy) is 1. The monoisotopic (exact) mass is 573 g/mol. The minimum Gasteiger partial charge on any atom is -0.378 e. The SMILES string of the molecule is O=c1c2ccccc2c(-c2cc(Br)cc(-c3ccno3)c2)nn1-c1cc(N2CCOCC2)ccc1[N+](=O)[O-]. The molecule has 1 saturated heterocycles. The van der Waals surface area contributed by atoms with Gasteiger partial charge in [0.05, 0.1) is 35.4 Å². The highest BCUT2D eigenvalue weighted by atomic mass is 79.9. The Balaban J connectivity index is 1.61.